The van der Waals surface area contributed by atoms with Crippen molar-refractivity contribution in [2.24, 2.45) is 0 Å². The van der Waals surface area contributed by atoms with Crippen LogP contribution in [0.3, 0.4) is 0 Å². The van der Waals surface area contributed by atoms with Gasteiger partial charge in [0.1, 0.15) is 0 Å². The van der Waals surface area contributed by atoms with E-state index in [2.05, 4.69) is 0 Å². The van der Waals surface area contributed by atoms with Gasteiger partial charge in [-0.3, -0.25) is 9.59 Å². The number of aliphatic carboxylic acids is 2. The molecule has 0 saturated carbocycles. The van der Waals surface area contributed by atoms with Crippen molar-refractivity contribution in [1.82, 2.24) is 0 Å². The molecule has 0 aromatic carbocycles. The Morgan fingerprint density at radius 2 is 1.69 bits per heavy atom. The minimum atomic E-state index is -0.748. The molecule has 4 nitrogen and oxygen atoms in total. The summed E-state index contributed by atoms with van der Waals surface area (Å²) in [4.78, 5) is 19.4. The zero-order valence-electron chi connectivity index (χ0n) is 7.98. The predicted octanol–water partition coefficient (Wildman–Crippen LogP) is 1.25. The second-order valence-corrected chi connectivity index (χ2v) is 5.80. The number of hydrogen-bond donors (Lipinski definition) is 2. The third-order valence-corrected chi connectivity index (χ3v) is 2.16. The molecule has 0 spiro atoms. The molecule has 78 valence electrons. The SMILES string of the molecule is CP(C)CC(=O)O.CSCC(=O)O. The smallest absolute Gasteiger partial charge is 0.313 e. The molecule has 0 amide bonds. The highest BCUT2D eigenvalue weighted by atomic mass is 32.2. The molecule has 0 rings (SSSR count). The molecular weight excluding hydrogens is 211 g/mol. The lowest BCUT2D eigenvalue weighted by Gasteiger charge is -1.95. The van der Waals surface area contributed by atoms with E-state index < -0.39 is 11.9 Å². The molecule has 0 atom stereocenters. The maximum absolute atomic E-state index is 9.83. The minimum absolute atomic E-state index is 0.208. The number of carbonyl (C=O) groups is 2. The fraction of sp³-hybridized carbons (Fsp3) is 0.714. The summed E-state index contributed by atoms with van der Waals surface area (Å²) >= 11 is 1.31. The van der Waals surface area contributed by atoms with Crippen molar-refractivity contribution in [3.05, 3.63) is 0 Å². The molecule has 13 heavy (non-hydrogen) atoms. The first-order valence-corrected chi connectivity index (χ1v) is 7.29. The van der Waals surface area contributed by atoms with Crippen LogP contribution in [0.25, 0.3) is 0 Å². The zero-order valence-corrected chi connectivity index (χ0v) is 9.69. The molecule has 0 aliphatic rings. The number of rotatable bonds is 4. The lowest BCUT2D eigenvalue weighted by atomic mass is 10.8. The Morgan fingerprint density at radius 3 is 1.69 bits per heavy atom. The molecule has 0 unspecified atom stereocenters. The fourth-order valence-electron chi connectivity index (χ4n) is 0.394. The summed E-state index contributed by atoms with van der Waals surface area (Å²) in [6, 6.07) is 0. The van der Waals surface area contributed by atoms with Crippen molar-refractivity contribution in [2.75, 3.05) is 31.5 Å². The highest BCUT2D eigenvalue weighted by molar-refractivity contribution is 7.99. The van der Waals surface area contributed by atoms with Crippen molar-refractivity contribution >= 4 is 31.6 Å². The maximum atomic E-state index is 9.83. The Balaban J connectivity index is 0. The van der Waals surface area contributed by atoms with Gasteiger partial charge in [-0.2, -0.15) is 11.8 Å². The molecule has 0 fully saturated rings. The van der Waals surface area contributed by atoms with E-state index in [-0.39, 0.29) is 13.7 Å². The Bertz CT molecular complexity index is 161. The number of thioether (sulfide) groups is 1. The van der Waals surface area contributed by atoms with Crippen LogP contribution in [-0.4, -0.2) is 53.7 Å². The summed E-state index contributed by atoms with van der Waals surface area (Å²) in [5, 5.41) is 16.0. The van der Waals surface area contributed by atoms with Gasteiger partial charge in [-0.25, -0.2) is 0 Å². The lowest BCUT2D eigenvalue weighted by Crippen LogP contribution is -1.98. The van der Waals surface area contributed by atoms with Gasteiger partial charge >= 0.3 is 11.9 Å². The second kappa shape index (κ2) is 9.81. The van der Waals surface area contributed by atoms with E-state index in [9.17, 15) is 9.59 Å². The average molecular weight is 226 g/mol. The van der Waals surface area contributed by atoms with E-state index in [1.807, 2.05) is 13.3 Å². The van der Waals surface area contributed by atoms with E-state index in [0.29, 0.717) is 6.16 Å². The summed E-state index contributed by atoms with van der Waals surface area (Å²) in [6.07, 6.45) is 2.10. The molecule has 2 N–H and O–H groups in total. The molecule has 0 saturated heterocycles. The topological polar surface area (TPSA) is 74.6 Å². The van der Waals surface area contributed by atoms with Gasteiger partial charge in [0.2, 0.25) is 0 Å². The van der Waals surface area contributed by atoms with Crippen LogP contribution < -0.4 is 0 Å². The number of hydrogen-bond acceptors (Lipinski definition) is 3. The first-order chi connectivity index (χ1) is 5.90. The summed E-state index contributed by atoms with van der Waals surface area (Å²) in [7, 11) is -0.239. The van der Waals surface area contributed by atoms with Gasteiger partial charge < -0.3 is 10.2 Å². The van der Waals surface area contributed by atoms with Gasteiger partial charge in [0.25, 0.3) is 0 Å². The second-order valence-electron chi connectivity index (χ2n) is 2.46. The van der Waals surface area contributed by atoms with Gasteiger partial charge in [0.15, 0.2) is 0 Å². The Labute approximate surface area is 83.5 Å². The fourth-order valence-corrected chi connectivity index (χ4v) is 1.18. The van der Waals surface area contributed by atoms with Gasteiger partial charge in [0, 0.05) is 0 Å². The molecule has 0 heterocycles. The van der Waals surface area contributed by atoms with Crippen molar-refractivity contribution in [1.29, 1.82) is 0 Å². The van der Waals surface area contributed by atoms with Crippen molar-refractivity contribution in [3.63, 3.8) is 0 Å². The first kappa shape index (κ1) is 15.2. The quantitative estimate of drug-likeness (QED) is 0.705. The van der Waals surface area contributed by atoms with Crippen LogP contribution in [0.4, 0.5) is 0 Å². The van der Waals surface area contributed by atoms with Crippen molar-refractivity contribution in [3.8, 4) is 0 Å². The summed E-state index contributed by atoms with van der Waals surface area (Å²) in [5.74, 6) is -1.22. The molecular formula is C7H15O4PS. The van der Waals surface area contributed by atoms with Gasteiger partial charge in [0.05, 0.1) is 11.9 Å². The third kappa shape index (κ3) is 24.5. The summed E-state index contributed by atoms with van der Waals surface area (Å²) in [5.41, 5.74) is 0. The molecule has 0 aliphatic heterocycles. The van der Waals surface area contributed by atoms with E-state index in [0.717, 1.165) is 0 Å². The largest absolute Gasteiger partial charge is 0.481 e. The van der Waals surface area contributed by atoms with Crippen LogP contribution in [0.2, 0.25) is 0 Å². The van der Waals surface area contributed by atoms with Crippen LogP contribution in [0.5, 0.6) is 0 Å². The number of carboxylic acids is 2. The van der Waals surface area contributed by atoms with Crippen molar-refractivity contribution < 1.29 is 19.8 Å². The van der Waals surface area contributed by atoms with Crippen LogP contribution in [0.15, 0.2) is 0 Å². The van der Waals surface area contributed by atoms with Crippen LogP contribution in [0.1, 0.15) is 0 Å². The van der Waals surface area contributed by atoms with Gasteiger partial charge in [-0.05, 0) is 19.6 Å². The third-order valence-electron chi connectivity index (χ3n) is 0.719. The molecule has 0 radical (unpaired) electrons. The first-order valence-electron chi connectivity index (χ1n) is 3.47. The van der Waals surface area contributed by atoms with Crippen molar-refractivity contribution in [2.45, 2.75) is 0 Å². The zero-order chi connectivity index (χ0) is 10.9. The minimum Gasteiger partial charge on any atom is -0.481 e. The standard InChI is InChI=1S/C4H9O2P.C3H6O2S/c1-7(2)3-4(5)6;1-6-2-3(4)5/h3H2,1-2H3,(H,5,6);2H2,1H3,(H,4,5). The predicted molar refractivity (Wildman–Crippen MR) is 57.3 cm³/mol. The van der Waals surface area contributed by atoms with E-state index in [4.69, 9.17) is 10.2 Å². The molecule has 0 aromatic heterocycles. The summed E-state index contributed by atoms with van der Waals surface area (Å²) < 4.78 is 0. The Kier molecular flexibility index (Phi) is 11.5. The van der Waals surface area contributed by atoms with Gasteiger partial charge in [-0.1, -0.05) is 0 Å². The van der Waals surface area contributed by atoms with Crippen LogP contribution >= 0.6 is 19.7 Å². The summed E-state index contributed by atoms with van der Waals surface area (Å²) in [6.45, 7) is 3.90. The molecule has 6 heteroatoms. The Hall–Kier alpha value is -0.280. The molecule has 0 bridgehead atoms. The highest BCUT2D eigenvalue weighted by Gasteiger charge is 1.97. The monoisotopic (exact) mass is 226 g/mol. The van der Waals surface area contributed by atoms with Crippen LogP contribution in [0, 0.1) is 0 Å². The van der Waals surface area contributed by atoms with E-state index in [1.165, 1.54) is 11.8 Å². The normalized spacial score (nSPS) is 8.92. The maximum Gasteiger partial charge on any atom is 0.313 e. The van der Waals surface area contributed by atoms with Crippen LogP contribution in [-0.2, 0) is 9.59 Å². The lowest BCUT2D eigenvalue weighted by molar-refractivity contribution is -0.135. The Morgan fingerprint density at radius 1 is 1.23 bits per heavy atom. The molecule has 0 aromatic rings. The van der Waals surface area contributed by atoms with Gasteiger partial charge in [-0.15, -0.1) is 7.92 Å². The molecule has 0 aliphatic carbocycles. The number of carboxylic acid groups (broad SMARTS) is 2. The average Bonchev–Trinajstić information content (AvgIpc) is 1.83. The van der Waals surface area contributed by atoms with E-state index in [1.54, 1.807) is 6.26 Å². The van der Waals surface area contributed by atoms with E-state index >= 15 is 0 Å². The highest BCUT2D eigenvalue weighted by Crippen LogP contribution is 2.22.